The zero-order valence-electron chi connectivity index (χ0n) is 11.5. The molecule has 2 unspecified atom stereocenters. The van der Waals surface area contributed by atoms with Crippen LogP contribution in [0.2, 0.25) is 0 Å². The Kier molecular flexibility index (Phi) is 3.41. The summed E-state index contributed by atoms with van der Waals surface area (Å²) in [5.74, 6) is 1.66. The first-order chi connectivity index (χ1) is 9.20. The number of nitrogens with zero attached hydrogens (tertiary/aromatic N) is 3. The van der Waals surface area contributed by atoms with Gasteiger partial charge in [-0.05, 0) is 30.2 Å². The molecule has 0 spiro atoms. The minimum atomic E-state index is 0.337. The number of thiophene rings is 1. The van der Waals surface area contributed by atoms with Crippen molar-refractivity contribution >= 4 is 27.4 Å². The van der Waals surface area contributed by atoms with Gasteiger partial charge in [0.1, 0.15) is 12.1 Å². The van der Waals surface area contributed by atoms with Gasteiger partial charge in [0.2, 0.25) is 0 Å². The smallest absolute Gasteiger partial charge is 0.150 e. The molecule has 1 saturated heterocycles. The van der Waals surface area contributed by atoms with E-state index in [1.54, 1.807) is 17.7 Å². The first-order valence-corrected chi connectivity index (χ1v) is 7.78. The predicted molar refractivity (Wildman–Crippen MR) is 80.7 cm³/mol. The molecule has 2 aromatic heterocycles. The number of aryl methyl sites for hydroxylation is 1. The molecule has 0 bridgehead atoms. The standard InChI is InChI=1S/C14H20N4S/c1-3-10-6-18(5-4-11(10)15)14-13-12(16-8-17-14)9(2)7-19-13/h7-8,10-11H,3-6,15H2,1-2H3. The lowest BCUT2D eigenvalue weighted by atomic mass is 9.91. The summed E-state index contributed by atoms with van der Waals surface area (Å²) in [6, 6.07) is 0.337. The molecule has 2 aromatic rings. The third-order valence-corrected chi connectivity index (χ3v) is 5.21. The van der Waals surface area contributed by atoms with E-state index in [0.717, 1.165) is 37.3 Å². The Morgan fingerprint density at radius 3 is 3.11 bits per heavy atom. The third kappa shape index (κ3) is 2.21. The van der Waals surface area contributed by atoms with Crippen LogP contribution in [0.25, 0.3) is 10.2 Å². The first kappa shape index (κ1) is 12.8. The lowest BCUT2D eigenvalue weighted by Crippen LogP contribution is -2.47. The van der Waals surface area contributed by atoms with Crippen LogP contribution in [0.15, 0.2) is 11.7 Å². The number of hydrogen-bond donors (Lipinski definition) is 1. The SMILES string of the molecule is CCC1CN(c2ncnc3c(C)csc23)CCC1N. The fourth-order valence-electron chi connectivity index (χ4n) is 2.86. The molecule has 3 rings (SSSR count). The fourth-order valence-corrected chi connectivity index (χ4v) is 3.88. The van der Waals surface area contributed by atoms with Crippen LogP contribution < -0.4 is 10.6 Å². The number of fused-ring (bicyclic) bond motifs is 1. The van der Waals surface area contributed by atoms with Crippen LogP contribution >= 0.6 is 11.3 Å². The Labute approximate surface area is 117 Å². The van der Waals surface area contributed by atoms with Gasteiger partial charge in [-0.25, -0.2) is 9.97 Å². The first-order valence-electron chi connectivity index (χ1n) is 6.90. The van der Waals surface area contributed by atoms with Crippen molar-refractivity contribution in [3.8, 4) is 0 Å². The van der Waals surface area contributed by atoms with Gasteiger partial charge in [-0.2, -0.15) is 0 Å². The Morgan fingerprint density at radius 2 is 2.32 bits per heavy atom. The van der Waals surface area contributed by atoms with Crippen molar-refractivity contribution in [2.45, 2.75) is 32.7 Å². The molecule has 0 saturated carbocycles. The number of hydrogen-bond acceptors (Lipinski definition) is 5. The third-order valence-electron chi connectivity index (χ3n) is 4.13. The van der Waals surface area contributed by atoms with Gasteiger partial charge >= 0.3 is 0 Å². The normalized spacial score (nSPS) is 24.1. The maximum atomic E-state index is 6.19. The molecular formula is C14H20N4S. The van der Waals surface area contributed by atoms with Crippen molar-refractivity contribution in [1.29, 1.82) is 0 Å². The van der Waals surface area contributed by atoms with Gasteiger partial charge in [0.15, 0.2) is 0 Å². The van der Waals surface area contributed by atoms with Gasteiger partial charge in [-0.15, -0.1) is 11.3 Å². The van der Waals surface area contributed by atoms with Crippen molar-refractivity contribution < 1.29 is 0 Å². The Bertz CT molecular complexity index is 580. The summed E-state index contributed by atoms with van der Waals surface area (Å²) in [6.45, 7) is 6.34. The van der Waals surface area contributed by atoms with Crippen molar-refractivity contribution in [3.63, 3.8) is 0 Å². The van der Waals surface area contributed by atoms with E-state index >= 15 is 0 Å². The van der Waals surface area contributed by atoms with Crippen LogP contribution in [0.3, 0.4) is 0 Å². The van der Waals surface area contributed by atoms with Gasteiger partial charge in [0.25, 0.3) is 0 Å². The molecule has 5 heteroatoms. The molecule has 0 aliphatic carbocycles. The summed E-state index contributed by atoms with van der Waals surface area (Å²) in [5.41, 5.74) is 8.53. The Morgan fingerprint density at radius 1 is 1.47 bits per heavy atom. The van der Waals surface area contributed by atoms with Gasteiger partial charge in [-0.3, -0.25) is 0 Å². The van der Waals surface area contributed by atoms with E-state index in [1.807, 2.05) is 0 Å². The summed E-state index contributed by atoms with van der Waals surface area (Å²) in [6.07, 6.45) is 3.87. The van der Waals surface area contributed by atoms with Crippen LogP contribution in [0, 0.1) is 12.8 Å². The summed E-state index contributed by atoms with van der Waals surface area (Å²) >= 11 is 1.75. The average molecular weight is 276 g/mol. The quantitative estimate of drug-likeness (QED) is 0.916. The Balaban J connectivity index is 1.96. The average Bonchev–Trinajstić information content (AvgIpc) is 2.81. The lowest BCUT2D eigenvalue weighted by molar-refractivity contribution is 0.347. The van der Waals surface area contributed by atoms with E-state index in [0.29, 0.717) is 12.0 Å². The highest BCUT2D eigenvalue weighted by molar-refractivity contribution is 7.18. The molecule has 19 heavy (non-hydrogen) atoms. The van der Waals surface area contributed by atoms with E-state index < -0.39 is 0 Å². The largest absolute Gasteiger partial charge is 0.355 e. The summed E-state index contributed by atoms with van der Waals surface area (Å²) < 4.78 is 1.21. The summed E-state index contributed by atoms with van der Waals surface area (Å²) in [4.78, 5) is 11.3. The number of aromatic nitrogens is 2. The maximum Gasteiger partial charge on any atom is 0.150 e. The van der Waals surface area contributed by atoms with Crippen molar-refractivity contribution in [1.82, 2.24) is 9.97 Å². The van der Waals surface area contributed by atoms with Crippen molar-refractivity contribution in [3.05, 3.63) is 17.3 Å². The van der Waals surface area contributed by atoms with Crippen molar-refractivity contribution in [2.75, 3.05) is 18.0 Å². The zero-order chi connectivity index (χ0) is 13.4. The molecule has 2 atom stereocenters. The van der Waals surface area contributed by atoms with Crippen molar-refractivity contribution in [2.24, 2.45) is 11.7 Å². The van der Waals surface area contributed by atoms with E-state index in [4.69, 9.17) is 5.73 Å². The van der Waals surface area contributed by atoms with Gasteiger partial charge in [0.05, 0.1) is 10.2 Å². The highest BCUT2D eigenvalue weighted by atomic mass is 32.1. The van der Waals surface area contributed by atoms with Crippen LogP contribution in [-0.2, 0) is 0 Å². The minimum Gasteiger partial charge on any atom is -0.355 e. The van der Waals surface area contributed by atoms with Crippen LogP contribution in [0.5, 0.6) is 0 Å². The number of nitrogens with two attached hydrogens (primary N) is 1. The lowest BCUT2D eigenvalue weighted by Gasteiger charge is -2.37. The second kappa shape index (κ2) is 5.06. The monoisotopic (exact) mass is 276 g/mol. The molecule has 2 N–H and O–H groups in total. The number of piperidine rings is 1. The predicted octanol–water partition coefficient (Wildman–Crippen LogP) is 2.56. The molecular weight excluding hydrogens is 256 g/mol. The number of rotatable bonds is 2. The Hall–Kier alpha value is -1.20. The second-order valence-corrected chi connectivity index (χ2v) is 6.24. The molecule has 0 radical (unpaired) electrons. The molecule has 0 aromatic carbocycles. The highest BCUT2D eigenvalue weighted by Gasteiger charge is 2.27. The van der Waals surface area contributed by atoms with E-state index in [1.165, 1.54) is 10.3 Å². The summed E-state index contributed by atoms with van der Waals surface area (Å²) in [7, 11) is 0. The molecule has 102 valence electrons. The maximum absolute atomic E-state index is 6.19. The highest BCUT2D eigenvalue weighted by Crippen LogP contribution is 2.33. The van der Waals surface area contributed by atoms with E-state index in [9.17, 15) is 0 Å². The molecule has 1 aliphatic rings. The molecule has 1 aliphatic heterocycles. The zero-order valence-corrected chi connectivity index (χ0v) is 12.3. The summed E-state index contributed by atoms with van der Waals surface area (Å²) in [5, 5.41) is 2.16. The molecule has 4 nitrogen and oxygen atoms in total. The van der Waals surface area contributed by atoms with E-state index in [2.05, 4.69) is 34.1 Å². The van der Waals surface area contributed by atoms with Crippen LogP contribution in [-0.4, -0.2) is 29.1 Å². The van der Waals surface area contributed by atoms with E-state index in [-0.39, 0.29) is 0 Å². The van der Waals surface area contributed by atoms with Gasteiger partial charge in [-0.1, -0.05) is 13.3 Å². The van der Waals surface area contributed by atoms with Gasteiger partial charge in [0, 0.05) is 19.1 Å². The minimum absolute atomic E-state index is 0.337. The fraction of sp³-hybridized carbons (Fsp3) is 0.571. The molecule has 1 fully saturated rings. The second-order valence-electron chi connectivity index (χ2n) is 5.36. The number of anilines is 1. The van der Waals surface area contributed by atoms with Crippen LogP contribution in [0.4, 0.5) is 5.82 Å². The molecule has 0 amide bonds. The molecule has 3 heterocycles. The topological polar surface area (TPSA) is 55.0 Å². The van der Waals surface area contributed by atoms with Crippen LogP contribution in [0.1, 0.15) is 25.3 Å². The van der Waals surface area contributed by atoms with Gasteiger partial charge < -0.3 is 10.6 Å².